The van der Waals surface area contributed by atoms with E-state index in [1.165, 1.54) is 0 Å². The minimum absolute atomic E-state index is 0.0149. The maximum Gasteiger partial charge on any atom is 0.322 e. The number of hydrogen-bond donors (Lipinski definition) is 3. The van der Waals surface area contributed by atoms with E-state index in [0.29, 0.717) is 13.1 Å². The van der Waals surface area contributed by atoms with E-state index in [1.807, 2.05) is 18.2 Å². The highest BCUT2D eigenvalue weighted by atomic mass is 79.9. The first-order valence-corrected chi connectivity index (χ1v) is 8.48. The Bertz CT molecular complexity index is 876. The fourth-order valence-electron chi connectivity index (χ4n) is 3.31. The first kappa shape index (κ1) is 15.2. The summed E-state index contributed by atoms with van der Waals surface area (Å²) in [6.45, 7) is 1.11. The molecule has 2 aromatic rings. The Hall–Kier alpha value is -2.35. The summed E-state index contributed by atoms with van der Waals surface area (Å²) in [7, 11) is 0. The normalized spacial score (nSPS) is 20.0. The number of amides is 4. The molecule has 0 bridgehead atoms. The van der Waals surface area contributed by atoms with Gasteiger partial charge in [0.25, 0.3) is 5.91 Å². The number of benzene rings is 1. The largest absolute Gasteiger partial charge is 0.358 e. The van der Waals surface area contributed by atoms with Crippen LogP contribution in [0.1, 0.15) is 17.7 Å². The molecule has 1 aromatic heterocycles. The van der Waals surface area contributed by atoms with Gasteiger partial charge in [0.1, 0.15) is 6.04 Å². The second kappa shape index (κ2) is 5.62. The van der Waals surface area contributed by atoms with Gasteiger partial charge < -0.3 is 15.2 Å². The maximum atomic E-state index is 12.5. The Morgan fingerprint density at radius 1 is 1.33 bits per heavy atom. The second-order valence-electron chi connectivity index (χ2n) is 6.06. The van der Waals surface area contributed by atoms with Gasteiger partial charge >= 0.3 is 6.03 Å². The number of nitrogens with one attached hydrogen (secondary N) is 3. The Morgan fingerprint density at radius 3 is 2.92 bits per heavy atom. The van der Waals surface area contributed by atoms with Crippen molar-refractivity contribution in [1.29, 1.82) is 0 Å². The lowest BCUT2D eigenvalue weighted by molar-refractivity contribution is -0.134. The number of carbonyl (C=O) groups is 3. The van der Waals surface area contributed by atoms with Crippen molar-refractivity contribution in [3.63, 3.8) is 0 Å². The molecule has 0 spiro atoms. The Labute approximate surface area is 145 Å². The number of rotatable bonds is 2. The molecule has 4 amide bonds. The highest BCUT2D eigenvalue weighted by Crippen LogP contribution is 2.30. The van der Waals surface area contributed by atoms with E-state index in [-0.39, 0.29) is 12.3 Å². The number of aromatic amines is 1. The SMILES string of the molecule is O=C1NC(=O)[C@@H](CC(=O)N2CCc3[nH]c4ccc(Br)cc4c3C2)N1. The van der Waals surface area contributed by atoms with Gasteiger partial charge in [-0.25, -0.2) is 4.79 Å². The van der Waals surface area contributed by atoms with Gasteiger partial charge in [-0.1, -0.05) is 15.9 Å². The Balaban J connectivity index is 1.54. The second-order valence-corrected chi connectivity index (χ2v) is 6.97. The lowest BCUT2D eigenvalue weighted by Gasteiger charge is -2.28. The van der Waals surface area contributed by atoms with Gasteiger partial charge in [0.05, 0.1) is 6.42 Å². The third-order valence-electron chi connectivity index (χ3n) is 4.53. The number of H-pyrrole nitrogens is 1. The standard InChI is InChI=1S/C16H15BrN4O3/c17-8-1-2-11-9(5-8)10-7-21(4-3-12(10)18-11)14(22)6-13-15(23)20-16(24)19-13/h1-2,5,13,18H,3-4,6-7H2,(H2,19,20,23,24)/t13-/m1/s1. The summed E-state index contributed by atoms with van der Waals surface area (Å²) < 4.78 is 0.991. The van der Waals surface area contributed by atoms with Crippen LogP contribution in [-0.4, -0.2) is 40.3 Å². The van der Waals surface area contributed by atoms with Gasteiger partial charge in [0.2, 0.25) is 5.91 Å². The topological polar surface area (TPSA) is 94.3 Å². The smallest absolute Gasteiger partial charge is 0.322 e. The van der Waals surface area contributed by atoms with E-state index < -0.39 is 18.0 Å². The molecule has 1 saturated heterocycles. The number of nitrogens with zero attached hydrogens (tertiary/aromatic N) is 1. The molecule has 7 nitrogen and oxygen atoms in total. The first-order valence-electron chi connectivity index (χ1n) is 7.69. The number of urea groups is 1. The van der Waals surface area contributed by atoms with Crippen LogP contribution in [0.3, 0.4) is 0 Å². The zero-order valence-electron chi connectivity index (χ0n) is 12.7. The number of aromatic nitrogens is 1. The zero-order valence-corrected chi connectivity index (χ0v) is 14.3. The molecular formula is C16H15BrN4O3. The van der Waals surface area contributed by atoms with E-state index in [2.05, 4.69) is 31.5 Å². The number of fused-ring (bicyclic) bond motifs is 3. The number of halogens is 1. The molecule has 0 radical (unpaired) electrons. The van der Waals surface area contributed by atoms with E-state index in [4.69, 9.17) is 0 Å². The predicted molar refractivity (Wildman–Crippen MR) is 90.2 cm³/mol. The third-order valence-corrected chi connectivity index (χ3v) is 5.02. The minimum Gasteiger partial charge on any atom is -0.358 e. The quantitative estimate of drug-likeness (QED) is 0.676. The fraction of sp³-hybridized carbons (Fsp3) is 0.312. The van der Waals surface area contributed by atoms with E-state index in [0.717, 1.165) is 33.1 Å². The van der Waals surface area contributed by atoms with Crippen molar-refractivity contribution in [3.05, 3.63) is 33.9 Å². The molecule has 2 aliphatic rings. The molecule has 24 heavy (non-hydrogen) atoms. The molecule has 4 rings (SSSR count). The Morgan fingerprint density at radius 2 is 2.17 bits per heavy atom. The maximum absolute atomic E-state index is 12.5. The Kier molecular flexibility index (Phi) is 3.56. The van der Waals surface area contributed by atoms with Crippen LogP contribution in [-0.2, 0) is 22.6 Å². The van der Waals surface area contributed by atoms with Crippen LogP contribution in [0.25, 0.3) is 10.9 Å². The van der Waals surface area contributed by atoms with Crippen molar-refractivity contribution in [2.45, 2.75) is 25.4 Å². The monoisotopic (exact) mass is 390 g/mol. The van der Waals surface area contributed by atoms with Crippen LogP contribution in [0.4, 0.5) is 4.79 Å². The van der Waals surface area contributed by atoms with Gasteiger partial charge in [0.15, 0.2) is 0 Å². The van der Waals surface area contributed by atoms with Crippen LogP contribution < -0.4 is 10.6 Å². The fourth-order valence-corrected chi connectivity index (χ4v) is 3.67. The lowest BCUT2D eigenvalue weighted by atomic mass is 10.0. The van der Waals surface area contributed by atoms with Crippen molar-refractivity contribution in [2.24, 2.45) is 0 Å². The van der Waals surface area contributed by atoms with E-state index in [1.54, 1.807) is 4.90 Å². The van der Waals surface area contributed by atoms with Crippen molar-refractivity contribution >= 4 is 44.7 Å². The summed E-state index contributed by atoms with van der Waals surface area (Å²) in [5.74, 6) is -0.575. The van der Waals surface area contributed by atoms with Crippen LogP contribution in [0.15, 0.2) is 22.7 Å². The van der Waals surface area contributed by atoms with E-state index >= 15 is 0 Å². The molecule has 0 unspecified atom stereocenters. The molecule has 1 atom stereocenters. The molecule has 1 aromatic carbocycles. The predicted octanol–water partition coefficient (Wildman–Crippen LogP) is 1.41. The lowest BCUT2D eigenvalue weighted by Crippen LogP contribution is -2.41. The molecule has 1 fully saturated rings. The third kappa shape index (κ3) is 2.56. The van der Waals surface area contributed by atoms with Crippen LogP contribution in [0.2, 0.25) is 0 Å². The first-order chi connectivity index (χ1) is 11.5. The van der Waals surface area contributed by atoms with Gasteiger partial charge in [-0.05, 0) is 18.2 Å². The van der Waals surface area contributed by atoms with Crippen molar-refractivity contribution in [2.75, 3.05) is 6.54 Å². The summed E-state index contributed by atoms with van der Waals surface area (Å²) >= 11 is 3.48. The molecule has 3 N–H and O–H groups in total. The number of imide groups is 1. The number of carbonyl (C=O) groups excluding carboxylic acids is 3. The average molecular weight is 391 g/mol. The highest BCUT2D eigenvalue weighted by Gasteiger charge is 2.33. The summed E-state index contributed by atoms with van der Waals surface area (Å²) in [5.41, 5.74) is 3.32. The summed E-state index contributed by atoms with van der Waals surface area (Å²) in [6.07, 6.45) is 0.732. The van der Waals surface area contributed by atoms with Crippen LogP contribution in [0, 0.1) is 0 Å². The van der Waals surface area contributed by atoms with Crippen LogP contribution >= 0.6 is 15.9 Å². The molecule has 3 heterocycles. The average Bonchev–Trinajstić information content (AvgIpc) is 3.06. The molecule has 124 valence electrons. The van der Waals surface area contributed by atoms with Gasteiger partial charge in [0, 0.05) is 46.1 Å². The summed E-state index contributed by atoms with van der Waals surface area (Å²) in [6, 6.07) is 4.73. The zero-order chi connectivity index (χ0) is 16.8. The van der Waals surface area contributed by atoms with Crippen molar-refractivity contribution in [1.82, 2.24) is 20.5 Å². The van der Waals surface area contributed by atoms with Crippen LogP contribution in [0.5, 0.6) is 0 Å². The summed E-state index contributed by atoms with van der Waals surface area (Å²) in [5, 5.41) is 5.71. The highest BCUT2D eigenvalue weighted by molar-refractivity contribution is 9.10. The van der Waals surface area contributed by atoms with Gasteiger partial charge in [-0.3, -0.25) is 14.9 Å². The van der Waals surface area contributed by atoms with Crippen molar-refractivity contribution < 1.29 is 14.4 Å². The van der Waals surface area contributed by atoms with Gasteiger partial charge in [-0.15, -0.1) is 0 Å². The molecule has 0 aliphatic carbocycles. The van der Waals surface area contributed by atoms with Crippen molar-refractivity contribution in [3.8, 4) is 0 Å². The molecule has 2 aliphatic heterocycles. The summed E-state index contributed by atoms with van der Waals surface area (Å²) in [4.78, 5) is 40.4. The van der Waals surface area contributed by atoms with Gasteiger partial charge in [-0.2, -0.15) is 0 Å². The minimum atomic E-state index is -0.775. The molecule has 0 saturated carbocycles. The molecular weight excluding hydrogens is 376 g/mol. The van der Waals surface area contributed by atoms with E-state index in [9.17, 15) is 14.4 Å². The number of hydrogen-bond acceptors (Lipinski definition) is 3. The molecule has 8 heteroatoms.